The van der Waals surface area contributed by atoms with Gasteiger partial charge in [-0.05, 0) is 46.9 Å². The zero-order valence-electron chi connectivity index (χ0n) is 12.2. The largest absolute Gasteiger partial charge is 0.399 e. The first kappa shape index (κ1) is 14.5. The number of rotatable bonds is 3. The summed E-state index contributed by atoms with van der Waals surface area (Å²) in [4.78, 5) is 0. The molecule has 1 aromatic carbocycles. The van der Waals surface area contributed by atoms with Crippen LogP contribution in [0.1, 0.15) is 32.6 Å². The third-order valence-electron chi connectivity index (χ3n) is 4.41. The van der Waals surface area contributed by atoms with Gasteiger partial charge in [-0.3, -0.25) is 0 Å². The molecule has 1 aromatic heterocycles. The standard InChI is InChI=1S/C15H20BrN5/c1-10-4-2-3-5-11(10)9-21-15(18-19-20-21)12-6-13(16)8-14(17)7-12/h6-8,10-11H,2-5,9,17H2,1H3. The third-order valence-corrected chi connectivity index (χ3v) is 4.86. The summed E-state index contributed by atoms with van der Waals surface area (Å²) < 4.78 is 2.87. The van der Waals surface area contributed by atoms with Crippen LogP contribution in [-0.2, 0) is 6.54 Å². The Morgan fingerprint density at radius 2 is 2.10 bits per heavy atom. The molecule has 112 valence electrons. The lowest BCUT2D eigenvalue weighted by Crippen LogP contribution is -2.23. The maximum absolute atomic E-state index is 5.91. The summed E-state index contributed by atoms with van der Waals surface area (Å²) in [6.07, 6.45) is 5.24. The average molecular weight is 350 g/mol. The number of anilines is 1. The molecule has 2 N–H and O–H groups in total. The zero-order valence-corrected chi connectivity index (χ0v) is 13.8. The van der Waals surface area contributed by atoms with E-state index in [0.29, 0.717) is 11.6 Å². The Bertz CT molecular complexity index is 604. The van der Waals surface area contributed by atoms with Crippen LogP contribution in [0.25, 0.3) is 11.4 Å². The van der Waals surface area contributed by atoms with Gasteiger partial charge in [0.2, 0.25) is 0 Å². The Labute approximate surface area is 133 Å². The molecule has 2 unspecified atom stereocenters. The molecule has 5 nitrogen and oxygen atoms in total. The molecule has 2 aromatic rings. The second-order valence-corrected chi connectivity index (χ2v) is 6.90. The van der Waals surface area contributed by atoms with Gasteiger partial charge in [0.05, 0.1) is 0 Å². The summed E-state index contributed by atoms with van der Waals surface area (Å²) in [6.45, 7) is 3.22. The van der Waals surface area contributed by atoms with Crippen molar-refractivity contribution in [2.45, 2.75) is 39.2 Å². The average Bonchev–Trinajstić information content (AvgIpc) is 2.88. The molecule has 21 heavy (non-hydrogen) atoms. The fourth-order valence-electron chi connectivity index (χ4n) is 3.16. The van der Waals surface area contributed by atoms with Gasteiger partial charge >= 0.3 is 0 Å². The molecule has 6 heteroatoms. The van der Waals surface area contributed by atoms with Crippen LogP contribution in [0.5, 0.6) is 0 Å². The van der Waals surface area contributed by atoms with Crippen LogP contribution in [0.4, 0.5) is 5.69 Å². The number of nitrogens with zero attached hydrogens (tertiary/aromatic N) is 4. The Kier molecular flexibility index (Phi) is 4.24. The number of halogens is 1. The van der Waals surface area contributed by atoms with Crippen LogP contribution < -0.4 is 5.73 Å². The smallest absolute Gasteiger partial charge is 0.182 e. The van der Waals surface area contributed by atoms with Gasteiger partial charge in [-0.1, -0.05) is 42.1 Å². The van der Waals surface area contributed by atoms with Gasteiger partial charge in [0.1, 0.15) is 0 Å². The molecule has 3 rings (SSSR count). The topological polar surface area (TPSA) is 69.6 Å². The Balaban J connectivity index is 1.86. The van der Waals surface area contributed by atoms with Crippen molar-refractivity contribution in [3.8, 4) is 11.4 Å². The zero-order chi connectivity index (χ0) is 14.8. The van der Waals surface area contributed by atoms with E-state index in [9.17, 15) is 0 Å². The Hall–Kier alpha value is -1.43. The van der Waals surface area contributed by atoms with Crippen LogP contribution in [0.3, 0.4) is 0 Å². The molecule has 0 spiro atoms. The van der Waals surface area contributed by atoms with Crippen molar-refractivity contribution in [3.63, 3.8) is 0 Å². The predicted octanol–water partition coefficient (Wildman–Crippen LogP) is 3.51. The van der Waals surface area contributed by atoms with Gasteiger partial charge in [-0.2, -0.15) is 0 Å². The van der Waals surface area contributed by atoms with Crippen LogP contribution in [0.2, 0.25) is 0 Å². The van der Waals surface area contributed by atoms with Crippen LogP contribution >= 0.6 is 15.9 Å². The van der Waals surface area contributed by atoms with Gasteiger partial charge in [0, 0.05) is 22.3 Å². The van der Waals surface area contributed by atoms with Crippen molar-refractivity contribution in [3.05, 3.63) is 22.7 Å². The van der Waals surface area contributed by atoms with Crippen molar-refractivity contribution >= 4 is 21.6 Å². The van der Waals surface area contributed by atoms with E-state index >= 15 is 0 Å². The number of tetrazole rings is 1. The molecule has 0 bridgehead atoms. The number of nitrogens with two attached hydrogens (primary N) is 1. The van der Waals surface area contributed by atoms with Crippen molar-refractivity contribution in [2.24, 2.45) is 11.8 Å². The maximum Gasteiger partial charge on any atom is 0.182 e. The van der Waals surface area contributed by atoms with Crippen molar-refractivity contribution in [2.75, 3.05) is 5.73 Å². The van der Waals surface area contributed by atoms with Gasteiger partial charge in [0.15, 0.2) is 5.82 Å². The first-order valence-electron chi connectivity index (χ1n) is 7.46. The summed E-state index contributed by atoms with van der Waals surface area (Å²) in [5.74, 6) is 2.19. The lowest BCUT2D eigenvalue weighted by molar-refractivity contribution is 0.221. The molecule has 0 radical (unpaired) electrons. The number of aromatic nitrogens is 4. The lowest BCUT2D eigenvalue weighted by Gasteiger charge is -2.28. The monoisotopic (exact) mass is 349 g/mol. The predicted molar refractivity (Wildman–Crippen MR) is 86.5 cm³/mol. The van der Waals surface area contributed by atoms with E-state index in [1.807, 2.05) is 22.9 Å². The molecule has 0 saturated heterocycles. The first-order chi connectivity index (χ1) is 10.1. The van der Waals surface area contributed by atoms with Gasteiger partial charge in [-0.25, -0.2) is 4.68 Å². The van der Waals surface area contributed by atoms with Crippen LogP contribution in [0.15, 0.2) is 22.7 Å². The third kappa shape index (κ3) is 3.26. The second-order valence-electron chi connectivity index (χ2n) is 5.98. The van der Waals surface area contributed by atoms with Gasteiger partial charge in [0.25, 0.3) is 0 Å². The highest BCUT2D eigenvalue weighted by Gasteiger charge is 2.23. The van der Waals surface area contributed by atoms with Gasteiger partial charge < -0.3 is 5.73 Å². The van der Waals surface area contributed by atoms with E-state index in [4.69, 9.17) is 5.73 Å². The number of hydrogen-bond donors (Lipinski definition) is 1. The van der Waals surface area contributed by atoms with E-state index in [-0.39, 0.29) is 0 Å². The fraction of sp³-hybridized carbons (Fsp3) is 0.533. The van der Waals surface area contributed by atoms with E-state index in [1.54, 1.807) is 0 Å². The van der Waals surface area contributed by atoms with E-state index < -0.39 is 0 Å². The minimum atomic E-state index is 0.658. The molecular weight excluding hydrogens is 330 g/mol. The molecule has 1 aliphatic rings. The van der Waals surface area contributed by atoms with Crippen molar-refractivity contribution < 1.29 is 0 Å². The summed E-state index contributed by atoms with van der Waals surface area (Å²) >= 11 is 3.47. The summed E-state index contributed by atoms with van der Waals surface area (Å²) in [7, 11) is 0. The second kappa shape index (κ2) is 6.13. The van der Waals surface area contributed by atoms with Crippen LogP contribution in [-0.4, -0.2) is 20.2 Å². The molecule has 2 atom stereocenters. The highest BCUT2D eigenvalue weighted by Crippen LogP contribution is 2.32. The number of nitrogen functional groups attached to an aromatic ring is 1. The quantitative estimate of drug-likeness (QED) is 0.860. The fourth-order valence-corrected chi connectivity index (χ4v) is 3.67. The maximum atomic E-state index is 5.91. The van der Waals surface area contributed by atoms with Crippen LogP contribution in [0, 0.1) is 11.8 Å². The summed E-state index contributed by atoms with van der Waals surface area (Å²) in [6, 6.07) is 5.79. The number of benzene rings is 1. The SMILES string of the molecule is CC1CCCCC1Cn1nnnc1-c1cc(N)cc(Br)c1. The van der Waals surface area contributed by atoms with Crippen molar-refractivity contribution in [1.82, 2.24) is 20.2 Å². The van der Waals surface area contributed by atoms with E-state index in [1.165, 1.54) is 25.7 Å². The summed E-state index contributed by atoms with van der Waals surface area (Å²) in [5.41, 5.74) is 7.58. The highest BCUT2D eigenvalue weighted by molar-refractivity contribution is 9.10. The minimum Gasteiger partial charge on any atom is -0.399 e. The summed E-state index contributed by atoms with van der Waals surface area (Å²) in [5, 5.41) is 12.2. The molecule has 1 heterocycles. The van der Waals surface area contributed by atoms with Crippen molar-refractivity contribution in [1.29, 1.82) is 0 Å². The Morgan fingerprint density at radius 3 is 2.86 bits per heavy atom. The molecule has 0 amide bonds. The van der Waals surface area contributed by atoms with E-state index in [2.05, 4.69) is 38.4 Å². The molecular formula is C15H20BrN5. The first-order valence-corrected chi connectivity index (χ1v) is 8.25. The Morgan fingerprint density at radius 1 is 1.29 bits per heavy atom. The highest BCUT2D eigenvalue weighted by atomic mass is 79.9. The molecule has 0 aliphatic heterocycles. The minimum absolute atomic E-state index is 0.658. The lowest BCUT2D eigenvalue weighted by atomic mass is 9.80. The molecule has 1 saturated carbocycles. The normalized spacial score (nSPS) is 22.4. The molecule has 1 aliphatic carbocycles. The van der Waals surface area contributed by atoms with E-state index in [0.717, 1.165) is 28.3 Å². The molecule has 1 fully saturated rings. The van der Waals surface area contributed by atoms with Gasteiger partial charge in [-0.15, -0.1) is 5.10 Å². The number of hydrogen-bond acceptors (Lipinski definition) is 4.